The number of imidazole rings is 1. The molecule has 0 saturated carbocycles. The highest BCUT2D eigenvalue weighted by molar-refractivity contribution is 5.94. The zero-order valence-electron chi connectivity index (χ0n) is 15.0. The van der Waals surface area contributed by atoms with Crippen LogP contribution in [0.3, 0.4) is 0 Å². The standard InChI is InChI=1S/C19H21N5O3/c1-2-26-17-9-13(14-10-18(25)22-19-15(14)11-21-23-19)3-4-16(17)27-8-7-24-6-5-20-12-24/h3-6,9,11-12,14H,2,7-8,10H2,1H3,(H2,21,22,23,25). The lowest BCUT2D eigenvalue weighted by Gasteiger charge is -2.23. The molecular weight excluding hydrogens is 346 g/mol. The highest BCUT2D eigenvalue weighted by Gasteiger charge is 2.28. The number of H-pyrrole nitrogens is 1. The molecule has 0 saturated heterocycles. The Labute approximate surface area is 156 Å². The van der Waals surface area contributed by atoms with Gasteiger partial charge in [-0.15, -0.1) is 0 Å². The summed E-state index contributed by atoms with van der Waals surface area (Å²) in [6.07, 6.45) is 7.53. The predicted molar refractivity (Wildman–Crippen MR) is 99.0 cm³/mol. The number of nitrogens with one attached hydrogen (secondary N) is 2. The van der Waals surface area contributed by atoms with Crippen molar-refractivity contribution in [1.82, 2.24) is 19.7 Å². The van der Waals surface area contributed by atoms with Crippen LogP contribution in [0.1, 0.15) is 30.4 Å². The Kier molecular flexibility index (Phi) is 4.78. The van der Waals surface area contributed by atoms with E-state index in [2.05, 4.69) is 20.5 Å². The van der Waals surface area contributed by atoms with Crippen LogP contribution in [0.5, 0.6) is 11.5 Å². The van der Waals surface area contributed by atoms with Gasteiger partial charge in [-0.05, 0) is 24.6 Å². The number of aromatic nitrogens is 4. The summed E-state index contributed by atoms with van der Waals surface area (Å²) in [6.45, 7) is 3.68. The molecule has 1 aromatic carbocycles. The fourth-order valence-corrected chi connectivity index (χ4v) is 3.25. The number of hydrogen-bond donors (Lipinski definition) is 2. The van der Waals surface area contributed by atoms with Crippen LogP contribution in [0.25, 0.3) is 0 Å². The molecule has 1 atom stereocenters. The molecule has 1 aliphatic heterocycles. The Balaban J connectivity index is 1.55. The summed E-state index contributed by atoms with van der Waals surface area (Å²) < 4.78 is 13.6. The third kappa shape index (κ3) is 3.64. The van der Waals surface area contributed by atoms with Crippen molar-refractivity contribution in [3.05, 3.63) is 54.2 Å². The highest BCUT2D eigenvalue weighted by Crippen LogP contribution is 2.39. The number of anilines is 1. The molecule has 1 unspecified atom stereocenters. The van der Waals surface area contributed by atoms with Gasteiger partial charge < -0.3 is 19.4 Å². The van der Waals surface area contributed by atoms with Crippen LogP contribution in [0, 0.1) is 0 Å². The number of amides is 1. The second kappa shape index (κ2) is 7.53. The third-order valence-electron chi connectivity index (χ3n) is 4.53. The molecule has 3 heterocycles. The topological polar surface area (TPSA) is 94.1 Å². The first kappa shape index (κ1) is 17.1. The lowest BCUT2D eigenvalue weighted by Crippen LogP contribution is -2.23. The van der Waals surface area contributed by atoms with Crippen molar-refractivity contribution < 1.29 is 14.3 Å². The molecule has 1 aliphatic rings. The van der Waals surface area contributed by atoms with Gasteiger partial charge >= 0.3 is 0 Å². The van der Waals surface area contributed by atoms with Crippen LogP contribution in [0.15, 0.2) is 43.1 Å². The summed E-state index contributed by atoms with van der Waals surface area (Å²) in [5.74, 6) is 1.93. The van der Waals surface area contributed by atoms with Crippen LogP contribution in [0.4, 0.5) is 5.82 Å². The van der Waals surface area contributed by atoms with Crippen molar-refractivity contribution in [2.45, 2.75) is 25.8 Å². The highest BCUT2D eigenvalue weighted by atomic mass is 16.5. The van der Waals surface area contributed by atoms with Gasteiger partial charge in [0.05, 0.1) is 25.7 Å². The number of carbonyl (C=O) groups excluding carboxylic acids is 1. The van der Waals surface area contributed by atoms with Crippen molar-refractivity contribution in [3.8, 4) is 11.5 Å². The fraction of sp³-hybridized carbons (Fsp3) is 0.316. The van der Waals surface area contributed by atoms with E-state index in [1.54, 1.807) is 18.7 Å². The maximum Gasteiger partial charge on any atom is 0.226 e. The number of benzene rings is 1. The summed E-state index contributed by atoms with van der Waals surface area (Å²) >= 11 is 0. The third-order valence-corrected chi connectivity index (χ3v) is 4.53. The van der Waals surface area contributed by atoms with Gasteiger partial charge in [0.15, 0.2) is 11.5 Å². The molecule has 27 heavy (non-hydrogen) atoms. The van der Waals surface area contributed by atoms with Crippen LogP contribution < -0.4 is 14.8 Å². The minimum absolute atomic E-state index is 0.0321. The summed E-state index contributed by atoms with van der Waals surface area (Å²) in [5, 5.41) is 9.70. The van der Waals surface area contributed by atoms with E-state index >= 15 is 0 Å². The predicted octanol–water partition coefficient (Wildman–Crippen LogP) is 2.56. The second-order valence-corrected chi connectivity index (χ2v) is 6.29. The van der Waals surface area contributed by atoms with Gasteiger partial charge in [0.2, 0.25) is 5.91 Å². The number of rotatable bonds is 7. The largest absolute Gasteiger partial charge is 0.490 e. The first-order valence-corrected chi connectivity index (χ1v) is 8.93. The second-order valence-electron chi connectivity index (χ2n) is 6.29. The van der Waals surface area contributed by atoms with E-state index in [1.165, 1.54) is 0 Å². The molecule has 140 valence electrons. The maximum absolute atomic E-state index is 12.0. The van der Waals surface area contributed by atoms with Crippen LogP contribution >= 0.6 is 0 Å². The molecule has 0 bridgehead atoms. The van der Waals surface area contributed by atoms with Crippen LogP contribution in [-0.2, 0) is 11.3 Å². The zero-order valence-corrected chi connectivity index (χ0v) is 15.0. The quantitative estimate of drug-likeness (QED) is 0.669. The summed E-state index contributed by atoms with van der Waals surface area (Å²) in [5.41, 5.74) is 1.98. The molecule has 1 amide bonds. The van der Waals surface area contributed by atoms with Crippen LogP contribution in [-0.4, -0.2) is 38.9 Å². The molecule has 2 N–H and O–H groups in total. The molecular formula is C19H21N5O3. The molecule has 0 aliphatic carbocycles. The van der Waals surface area contributed by atoms with Gasteiger partial charge in [-0.1, -0.05) is 6.07 Å². The summed E-state index contributed by atoms with van der Waals surface area (Å²) in [4.78, 5) is 16.0. The zero-order chi connectivity index (χ0) is 18.6. The number of hydrogen-bond acceptors (Lipinski definition) is 5. The van der Waals surface area contributed by atoms with Crippen molar-refractivity contribution in [2.24, 2.45) is 0 Å². The Morgan fingerprint density at radius 2 is 2.22 bits per heavy atom. The number of fused-ring (bicyclic) bond motifs is 1. The Hall–Kier alpha value is -3.29. The number of nitrogens with zero attached hydrogens (tertiary/aromatic N) is 3. The summed E-state index contributed by atoms with van der Waals surface area (Å²) in [6, 6.07) is 5.84. The van der Waals surface area contributed by atoms with E-state index in [1.807, 2.05) is 35.9 Å². The molecule has 3 aromatic rings. The van der Waals surface area contributed by atoms with Gasteiger partial charge in [0.25, 0.3) is 0 Å². The SMILES string of the molecule is CCOc1cc(C2CC(=O)Nc3[nH]ncc32)ccc1OCCn1ccnc1. The van der Waals surface area contributed by atoms with Gasteiger partial charge in [0.1, 0.15) is 12.4 Å². The van der Waals surface area contributed by atoms with Crippen molar-refractivity contribution >= 4 is 11.7 Å². The number of carbonyl (C=O) groups is 1. The van der Waals surface area contributed by atoms with E-state index in [9.17, 15) is 4.79 Å². The first-order chi connectivity index (χ1) is 13.2. The molecule has 0 radical (unpaired) electrons. The molecule has 0 fully saturated rings. The normalized spacial score (nSPS) is 15.9. The number of ether oxygens (including phenoxy) is 2. The van der Waals surface area contributed by atoms with E-state index < -0.39 is 0 Å². The average molecular weight is 367 g/mol. The van der Waals surface area contributed by atoms with Crippen molar-refractivity contribution in [1.29, 1.82) is 0 Å². The van der Waals surface area contributed by atoms with Crippen LogP contribution in [0.2, 0.25) is 0 Å². The monoisotopic (exact) mass is 367 g/mol. The van der Waals surface area contributed by atoms with Crippen molar-refractivity contribution in [3.63, 3.8) is 0 Å². The van der Waals surface area contributed by atoms with Gasteiger partial charge in [-0.25, -0.2) is 4.98 Å². The van der Waals surface area contributed by atoms with E-state index in [-0.39, 0.29) is 11.8 Å². The molecule has 8 heteroatoms. The molecule has 2 aromatic heterocycles. The van der Waals surface area contributed by atoms with Crippen molar-refractivity contribution in [2.75, 3.05) is 18.5 Å². The fourth-order valence-electron chi connectivity index (χ4n) is 3.25. The Bertz CT molecular complexity index is 919. The summed E-state index contributed by atoms with van der Waals surface area (Å²) in [7, 11) is 0. The number of aromatic amines is 1. The lowest BCUT2D eigenvalue weighted by atomic mass is 9.87. The van der Waals surface area contributed by atoms with E-state index in [0.717, 1.165) is 11.1 Å². The maximum atomic E-state index is 12.0. The molecule has 8 nitrogen and oxygen atoms in total. The molecule has 4 rings (SSSR count). The minimum atomic E-state index is -0.0632. The Morgan fingerprint density at radius 1 is 1.30 bits per heavy atom. The first-order valence-electron chi connectivity index (χ1n) is 8.93. The van der Waals surface area contributed by atoms with Gasteiger partial charge in [0, 0.05) is 30.3 Å². The van der Waals surface area contributed by atoms with E-state index in [0.29, 0.717) is 43.5 Å². The molecule has 0 spiro atoms. The smallest absolute Gasteiger partial charge is 0.226 e. The lowest BCUT2D eigenvalue weighted by molar-refractivity contribution is -0.116. The minimum Gasteiger partial charge on any atom is -0.490 e. The average Bonchev–Trinajstić information content (AvgIpc) is 3.34. The van der Waals surface area contributed by atoms with Gasteiger partial charge in [-0.2, -0.15) is 5.10 Å². The van der Waals surface area contributed by atoms with E-state index in [4.69, 9.17) is 9.47 Å². The Morgan fingerprint density at radius 3 is 3.04 bits per heavy atom. The van der Waals surface area contributed by atoms with Gasteiger partial charge in [-0.3, -0.25) is 9.89 Å².